The summed E-state index contributed by atoms with van der Waals surface area (Å²) in [7, 11) is 2.07. The van der Waals surface area contributed by atoms with Gasteiger partial charge in [-0.05, 0) is 50.8 Å². The lowest BCUT2D eigenvalue weighted by Crippen LogP contribution is -2.36. The molecule has 1 aromatic carbocycles. The van der Waals surface area contributed by atoms with Crippen LogP contribution in [-0.4, -0.2) is 26.0 Å². The van der Waals surface area contributed by atoms with Crippen LogP contribution >= 0.6 is 0 Å². The fourth-order valence-electron chi connectivity index (χ4n) is 5.08. The molecule has 0 spiro atoms. The average molecular weight is 468 g/mol. The van der Waals surface area contributed by atoms with E-state index in [-0.39, 0.29) is 11.7 Å². The molecule has 34 heavy (non-hydrogen) atoms. The van der Waals surface area contributed by atoms with Crippen LogP contribution in [-0.2, 0) is 13.2 Å². The summed E-state index contributed by atoms with van der Waals surface area (Å²) in [5.74, 6) is 0.632. The molecule has 0 saturated heterocycles. The van der Waals surface area contributed by atoms with Crippen LogP contribution in [0.3, 0.4) is 0 Å². The van der Waals surface area contributed by atoms with E-state index in [9.17, 15) is 13.2 Å². The Morgan fingerprint density at radius 1 is 1.03 bits per heavy atom. The molecule has 0 amide bonds. The molecule has 0 unspecified atom stereocenters. The first-order chi connectivity index (χ1) is 16.2. The molecule has 3 heterocycles. The summed E-state index contributed by atoms with van der Waals surface area (Å²) < 4.78 is 42.9. The predicted octanol–water partition coefficient (Wildman–Crippen LogP) is 6.14. The van der Waals surface area contributed by atoms with Gasteiger partial charge in [0.2, 0.25) is 0 Å². The number of hydrogen-bond donors (Lipinski definition) is 2. The normalized spacial score (nSPS) is 19.0. The van der Waals surface area contributed by atoms with Gasteiger partial charge in [0.25, 0.3) is 0 Å². The summed E-state index contributed by atoms with van der Waals surface area (Å²) >= 11 is 0. The average Bonchev–Trinajstić information content (AvgIpc) is 3.36. The molecule has 0 bridgehead atoms. The van der Waals surface area contributed by atoms with Gasteiger partial charge in [-0.25, -0.2) is 4.98 Å². The number of imidazole rings is 1. The molecule has 1 aliphatic carbocycles. The molecule has 2 N–H and O–H groups in total. The Kier molecular flexibility index (Phi) is 5.54. The van der Waals surface area contributed by atoms with Gasteiger partial charge in [-0.3, -0.25) is 4.40 Å². The minimum atomic E-state index is -4.46. The van der Waals surface area contributed by atoms with Crippen LogP contribution in [0.4, 0.5) is 19.0 Å². The van der Waals surface area contributed by atoms with E-state index in [0.717, 1.165) is 43.1 Å². The van der Waals surface area contributed by atoms with Crippen LogP contribution in [0.2, 0.25) is 0 Å². The molecular weight excluding hydrogens is 439 g/mol. The number of para-hydroxylation sites is 1. The summed E-state index contributed by atoms with van der Waals surface area (Å²) in [5, 5.41) is 8.27. The third-order valence-electron chi connectivity index (χ3n) is 6.94. The minimum absolute atomic E-state index is 0.188. The van der Waals surface area contributed by atoms with Crippen LogP contribution in [0.1, 0.15) is 42.6 Å². The highest BCUT2D eigenvalue weighted by molar-refractivity contribution is 5.94. The highest BCUT2D eigenvalue weighted by atomic mass is 19.4. The number of rotatable bonds is 5. The molecule has 5 nitrogen and oxygen atoms in total. The Morgan fingerprint density at radius 2 is 1.74 bits per heavy atom. The van der Waals surface area contributed by atoms with E-state index in [4.69, 9.17) is 0 Å². The first-order valence-electron chi connectivity index (χ1n) is 11.5. The topological polar surface area (TPSA) is 46.3 Å². The molecule has 1 aliphatic rings. The monoisotopic (exact) mass is 467 g/mol. The fraction of sp³-hybridized carbons (Fsp3) is 0.346. The number of fused-ring (bicyclic) bond motifs is 2. The van der Waals surface area contributed by atoms with E-state index in [1.165, 1.54) is 21.0 Å². The van der Waals surface area contributed by atoms with Gasteiger partial charge in [-0.15, -0.1) is 0 Å². The Morgan fingerprint density at radius 3 is 2.47 bits per heavy atom. The molecule has 1 fully saturated rings. The number of nitrogens with one attached hydrogen (secondary N) is 2. The summed E-state index contributed by atoms with van der Waals surface area (Å²) in [6.45, 7) is 6.46. The third kappa shape index (κ3) is 4.02. The molecule has 0 atom stereocenters. The van der Waals surface area contributed by atoms with Crippen LogP contribution in [0.5, 0.6) is 0 Å². The van der Waals surface area contributed by atoms with Crippen LogP contribution in [0.25, 0.3) is 22.2 Å². The van der Waals surface area contributed by atoms with E-state index < -0.39 is 11.9 Å². The maximum absolute atomic E-state index is 13.1. The maximum atomic E-state index is 13.1. The number of aryl methyl sites for hydroxylation is 1. The number of nitrogens with zero attached hydrogens (tertiary/aromatic N) is 3. The number of halogens is 3. The van der Waals surface area contributed by atoms with Gasteiger partial charge in [0.15, 0.2) is 5.69 Å². The predicted molar refractivity (Wildman–Crippen MR) is 130 cm³/mol. The zero-order valence-electron chi connectivity index (χ0n) is 19.3. The van der Waals surface area contributed by atoms with Crippen molar-refractivity contribution in [2.24, 2.45) is 7.05 Å². The molecule has 4 aromatic rings. The number of pyridine rings is 1. The van der Waals surface area contributed by atoms with E-state index in [1.54, 1.807) is 18.2 Å². The van der Waals surface area contributed by atoms with Crippen molar-refractivity contribution in [1.82, 2.24) is 19.3 Å². The van der Waals surface area contributed by atoms with E-state index in [2.05, 4.69) is 52.9 Å². The summed E-state index contributed by atoms with van der Waals surface area (Å²) in [4.78, 5) is 3.72. The summed E-state index contributed by atoms with van der Waals surface area (Å²) in [6, 6.07) is 14.0. The van der Waals surface area contributed by atoms with Crippen molar-refractivity contribution < 1.29 is 13.2 Å². The quantitative estimate of drug-likeness (QED) is 0.371. The van der Waals surface area contributed by atoms with Crippen molar-refractivity contribution in [3.8, 4) is 0 Å². The maximum Gasteiger partial charge on any atom is 0.434 e. The molecular formula is C26H28F3N5. The number of hydrogen-bond acceptors (Lipinski definition) is 3. The lowest BCUT2D eigenvalue weighted by Gasteiger charge is -2.31. The summed E-state index contributed by atoms with van der Waals surface area (Å²) in [6.07, 6.45) is 0.328. The van der Waals surface area contributed by atoms with Gasteiger partial charge >= 0.3 is 6.18 Å². The number of anilines is 1. The number of aromatic nitrogens is 3. The van der Waals surface area contributed by atoms with Crippen molar-refractivity contribution in [3.05, 3.63) is 72.2 Å². The number of benzene rings is 1. The van der Waals surface area contributed by atoms with E-state index in [1.807, 2.05) is 12.1 Å². The van der Waals surface area contributed by atoms with Gasteiger partial charge in [0, 0.05) is 53.2 Å². The second-order valence-corrected chi connectivity index (χ2v) is 9.12. The largest absolute Gasteiger partial charge is 0.434 e. The minimum Gasteiger partial charge on any atom is -0.382 e. The molecule has 5 rings (SSSR count). The first-order valence-corrected chi connectivity index (χ1v) is 11.5. The van der Waals surface area contributed by atoms with Crippen LogP contribution in [0, 0.1) is 6.92 Å². The highest BCUT2D eigenvalue weighted by Gasteiger charge is 2.34. The highest BCUT2D eigenvalue weighted by Crippen LogP contribution is 2.32. The van der Waals surface area contributed by atoms with E-state index in [0.29, 0.717) is 11.9 Å². The van der Waals surface area contributed by atoms with Crippen molar-refractivity contribution in [3.63, 3.8) is 0 Å². The lowest BCUT2D eigenvalue weighted by molar-refractivity contribution is -0.140. The molecule has 0 aliphatic heterocycles. The standard InChI is InChI=1S/C26H28F3N5/c1-16(25-17(2)33(3)21-8-5-4-7-20(21)25)30-18-11-13-19(14-12-18)31-23-9-6-10-24-32-22(15-34(23)24)26(27,28)29/h4-10,15,18-19,30-31H,1,11-14H2,2-3H3. The van der Waals surface area contributed by atoms with Crippen LogP contribution in [0.15, 0.2) is 55.2 Å². The third-order valence-corrected chi connectivity index (χ3v) is 6.94. The second-order valence-electron chi connectivity index (χ2n) is 9.12. The smallest absolute Gasteiger partial charge is 0.382 e. The van der Waals surface area contributed by atoms with Gasteiger partial charge in [0.05, 0.1) is 0 Å². The molecule has 1 saturated carbocycles. The zero-order chi connectivity index (χ0) is 24.0. The molecule has 178 valence electrons. The van der Waals surface area contributed by atoms with Crippen molar-refractivity contribution in [1.29, 1.82) is 0 Å². The van der Waals surface area contributed by atoms with Gasteiger partial charge < -0.3 is 15.2 Å². The van der Waals surface area contributed by atoms with Gasteiger partial charge in [-0.2, -0.15) is 13.2 Å². The molecule has 8 heteroatoms. The van der Waals surface area contributed by atoms with Crippen molar-refractivity contribution in [2.45, 2.75) is 50.9 Å². The Labute approximate surface area is 196 Å². The zero-order valence-corrected chi connectivity index (χ0v) is 19.3. The molecule has 0 radical (unpaired) electrons. The van der Waals surface area contributed by atoms with E-state index >= 15 is 0 Å². The fourth-order valence-corrected chi connectivity index (χ4v) is 5.08. The van der Waals surface area contributed by atoms with Crippen molar-refractivity contribution >= 4 is 28.1 Å². The van der Waals surface area contributed by atoms with Crippen LogP contribution < -0.4 is 10.6 Å². The Hall–Kier alpha value is -3.42. The first kappa shape index (κ1) is 22.4. The van der Waals surface area contributed by atoms with Gasteiger partial charge in [0.1, 0.15) is 11.5 Å². The SMILES string of the molecule is C=C(NC1CCC(Nc2cccc3nc(C(F)(F)F)cn23)CC1)c1c(C)n(C)c2ccccc12. The second kappa shape index (κ2) is 8.42. The lowest BCUT2D eigenvalue weighted by atomic mass is 9.90. The summed E-state index contributed by atoms with van der Waals surface area (Å²) in [5.41, 5.74) is 3.87. The Bertz CT molecular complexity index is 1360. The van der Waals surface area contributed by atoms with Gasteiger partial charge in [-0.1, -0.05) is 30.8 Å². The molecule has 3 aromatic heterocycles. The number of alkyl halides is 3. The van der Waals surface area contributed by atoms with Crippen molar-refractivity contribution in [2.75, 3.05) is 5.32 Å². The Balaban J connectivity index is 1.24.